The van der Waals surface area contributed by atoms with E-state index < -0.39 is 11.8 Å². The number of hydrogen-bond donors (Lipinski definition) is 0. The molecule has 5 fully saturated rings. The molecule has 0 aromatic rings. The van der Waals surface area contributed by atoms with Crippen LogP contribution in [0.3, 0.4) is 0 Å². The van der Waals surface area contributed by atoms with Gasteiger partial charge in [-0.05, 0) is 58.3 Å². The molecule has 0 saturated carbocycles. The number of amides is 5. The third-order valence-electron chi connectivity index (χ3n) is 16.3. The van der Waals surface area contributed by atoms with Gasteiger partial charge in [0, 0.05) is 104 Å². The Morgan fingerprint density at radius 1 is 0.356 bits per heavy atom. The lowest BCUT2D eigenvalue weighted by molar-refractivity contribution is -0.149. The first kappa shape index (κ1) is 77.8. The minimum atomic E-state index is -0.436. The predicted molar refractivity (Wildman–Crippen MR) is 331 cm³/mol. The standard InChI is InChI=1S/C20H37NO3.C17H31NO4.C15H27NO3.C14H20N2O6/c1-4-5-6-11-14-24-20(23)18-15-19(22)21(16-18)13-10-8-7-9-12-17(2)3;1-4-5-6-7-10-22-17(20)15-12-16(19)18(13-15)9-8-11-21-14(2)3;1-3-5-7-8-10-19-15(18)13-11-14(17)16(12-13)9-6-4-2;1-21-13(19)9-5-11(17)15(7-9)3-4-16-8-10(6-12(16)18)14(20)22-2/h17-18H,4-16H2,1-3H3;14-15H,4-13H2,1-3H3;13H,3-12H2,1-2H3;9-10H,3-8H2,1-2H3. The van der Waals surface area contributed by atoms with Crippen molar-refractivity contribution in [1.29, 1.82) is 0 Å². The highest BCUT2D eigenvalue weighted by molar-refractivity contribution is 5.89. The van der Waals surface area contributed by atoms with Crippen LogP contribution in [0.15, 0.2) is 0 Å². The minimum Gasteiger partial charge on any atom is -0.469 e. The van der Waals surface area contributed by atoms with Gasteiger partial charge in [0.2, 0.25) is 29.5 Å². The predicted octanol–water partition coefficient (Wildman–Crippen LogP) is 9.13. The molecule has 5 heterocycles. The summed E-state index contributed by atoms with van der Waals surface area (Å²) in [6.07, 6.45) is 23.5. The van der Waals surface area contributed by atoms with E-state index in [0.29, 0.717) is 98.0 Å². The summed E-state index contributed by atoms with van der Waals surface area (Å²) >= 11 is 0. The van der Waals surface area contributed by atoms with Gasteiger partial charge in [0.15, 0.2) is 0 Å². The van der Waals surface area contributed by atoms with E-state index in [1.807, 2.05) is 18.7 Å². The molecule has 5 aliphatic heterocycles. The molecule has 0 aromatic carbocycles. The zero-order valence-corrected chi connectivity index (χ0v) is 55.4. The van der Waals surface area contributed by atoms with Gasteiger partial charge in [-0.1, -0.05) is 131 Å². The van der Waals surface area contributed by atoms with E-state index in [1.54, 1.807) is 19.6 Å². The number of likely N-dealkylation sites (tertiary alicyclic amines) is 5. The number of hydrogen-bond acceptors (Lipinski definition) is 16. The van der Waals surface area contributed by atoms with Crippen LogP contribution in [0.1, 0.15) is 216 Å². The van der Waals surface area contributed by atoms with Gasteiger partial charge in [0.05, 0.1) is 69.7 Å². The van der Waals surface area contributed by atoms with Crippen LogP contribution in [0, 0.1) is 35.5 Å². The Labute approximate surface area is 522 Å². The molecule has 5 aliphatic rings. The van der Waals surface area contributed by atoms with E-state index in [9.17, 15) is 47.9 Å². The maximum Gasteiger partial charge on any atom is 0.311 e. The fourth-order valence-corrected chi connectivity index (χ4v) is 10.9. The van der Waals surface area contributed by atoms with Crippen LogP contribution in [0.5, 0.6) is 0 Å². The molecule has 0 N–H and O–H groups in total. The van der Waals surface area contributed by atoms with Crippen molar-refractivity contribution < 1.29 is 76.4 Å². The SMILES string of the molecule is CCCCCCOC(=O)C1CC(=O)N(CCCC)C1.CCCCCCOC(=O)C1CC(=O)N(CCCCCCC(C)C)C1.CCCCCCOC(=O)C1CC(=O)N(CCCOC(C)C)C1.COC(=O)C1CC(=O)N(CCN2CC(C(=O)OC)CC2=O)C1. The van der Waals surface area contributed by atoms with Crippen LogP contribution in [-0.4, -0.2) is 196 Å². The summed E-state index contributed by atoms with van der Waals surface area (Å²) in [5.41, 5.74) is 0. The van der Waals surface area contributed by atoms with Crippen LogP contribution in [0.25, 0.3) is 0 Å². The first-order chi connectivity index (χ1) is 41.7. The highest BCUT2D eigenvalue weighted by Crippen LogP contribution is 2.25. The number of carbonyl (C=O) groups excluding carboxylic acids is 10. The summed E-state index contributed by atoms with van der Waals surface area (Å²) in [4.78, 5) is 127. The van der Waals surface area contributed by atoms with Crippen LogP contribution in [0.4, 0.5) is 0 Å². The number of ether oxygens (including phenoxy) is 6. The molecule has 0 aliphatic carbocycles. The monoisotopic (exact) mass is 1230 g/mol. The molecule has 5 saturated heterocycles. The normalized spacial score (nSPS) is 19.9. The van der Waals surface area contributed by atoms with Crippen LogP contribution in [-0.2, 0) is 76.4 Å². The van der Waals surface area contributed by atoms with Crippen LogP contribution < -0.4 is 0 Å². The Morgan fingerprint density at radius 2 is 0.644 bits per heavy atom. The number of methoxy groups -OCH3 is 2. The Kier molecular flexibility index (Phi) is 41.0. The average Bonchev–Trinajstić information content (AvgIpc) is 3.70. The molecule has 21 heteroatoms. The fraction of sp³-hybridized carbons (Fsp3) is 0.848. The number of carbonyl (C=O) groups is 10. The van der Waals surface area contributed by atoms with E-state index in [2.05, 4.69) is 51.0 Å². The van der Waals surface area contributed by atoms with Gasteiger partial charge >= 0.3 is 29.8 Å². The lowest BCUT2D eigenvalue weighted by atomic mass is 10.0. The summed E-state index contributed by atoms with van der Waals surface area (Å²) < 4.78 is 30.6. The Morgan fingerprint density at radius 3 is 0.954 bits per heavy atom. The molecule has 0 bridgehead atoms. The molecule has 87 heavy (non-hydrogen) atoms. The van der Waals surface area contributed by atoms with Gasteiger partial charge in [0.1, 0.15) is 0 Å². The van der Waals surface area contributed by atoms with Crippen LogP contribution in [0.2, 0.25) is 0 Å². The maximum absolute atomic E-state index is 12.0. The maximum atomic E-state index is 12.0. The largest absolute Gasteiger partial charge is 0.469 e. The van der Waals surface area contributed by atoms with Crippen molar-refractivity contribution in [2.24, 2.45) is 35.5 Å². The molecule has 21 nitrogen and oxygen atoms in total. The average molecular weight is 1230 g/mol. The highest BCUT2D eigenvalue weighted by atomic mass is 16.5. The van der Waals surface area contributed by atoms with Crippen molar-refractivity contribution in [3.8, 4) is 0 Å². The zero-order valence-electron chi connectivity index (χ0n) is 55.4. The van der Waals surface area contributed by atoms with E-state index in [-0.39, 0.29) is 96.1 Å². The molecule has 5 rings (SSSR count). The number of rotatable bonds is 38. The lowest BCUT2D eigenvalue weighted by Crippen LogP contribution is -2.37. The summed E-state index contributed by atoms with van der Waals surface area (Å²) in [6, 6.07) is 0. The first-order valence-corrected chi connectivity index (χ1v) is 33.4. The summed E-state index contributed by atoms with van der Waals surface area (Å²) in [5, 5.41) is 0. The lowest BCUT2D eigenvalue weighted by Gasteiger charge is -2.21. The number of esters is 5. The van der Waals surface area contributed by atoms with Gasteiger partial charge in [-0.25, -0.2) is 0 Å². The van der Waals surface area contributed by atoms with Gasteiger partial charge in [-0.15, -0.1) is 0 Å². The molecule has 0 spiro atoms. The Bertz CT molecular complexity index is 2010. The van der Waals surface area contributed by atoms with Gasteiger partial charge in [0.25, 0.3) is 0 Å². The molecule has 0 aromatic heterocycles. The van der Waals surface area contributed by atoms with Crippen LogP contribution >= 0.6 is 0 Å². The quantitative estimate of drug-likeness (QED) is 0.0318. The second-order valence-corrected chi connectivity index (χ2v) is 24.7. The molecular formula is C66H115N5O16. The van der Waals surface area contributed by atoms with Crippen molar-refractivity contribution in [3.05, 3.63) is 0 Å². The second-order valence-electron chi connectivity index (χ2n) is 24.7. The first-order valence-electron chi connectivity index (χ1n) is 33.4. The Hall–Kier alpha value is -5.34. The minimum absolute atomic E-state index is 0.0532. The van der Waals surface area contributed by atoms with Crippen molar-refractivity contribution in [1.82, 2.24) is 24.5 Å². The van der Waals surface area contributed by atoms with E-state index in [1.165, 1.54) is 78.4 Å². The zero-order chi connectivity index (χ0) is 64.5. The van der Waals surface area contributed by atoms with Crippen molar-refractivity contribution in [2.75, 3.05) is 106 Å². The van der Waals surface area contributed by atoms with Gasteiger partial charge < -0.3 is 52.9 Å². The molecular weight excluding hydrogens is 1120 g/mol. The highest BCUT2D eigenvalue weighted by Gasteiger charge is 2.40. The van der Waals surface area contributed by atoms with Gasteiger partial charge in [-0.2, -0.15) is 0 Å². The summed E-state index contributed by atoms with van der Waals surface area (Å²) in [5.74, 6) is -2.21. The summed E-state index contributed by atoms with van der Waals surface area (Å²) in [6.45, 7) is 24.3. The van der Waals surface area contributed by atoms with Crippen molar-refractivity contribution in [2.45, 2.75) is 222 Å². The Balaban J connectivity index is 0.000000397. The van der Waals surface area contributed by atoms with E-state index >= 15 is 0 Å². The number of nitrogens with zero attached hydrogens (tertiary/aromatic N) is 5. The summed E-state index contributed by atoms with van der Waals surface area (Å²) in [7, 11) is 2.59. The second kappa shape index (κ2) is 45.8. The topological polar surface area (TPSA) is 242 Å². The fourth-order valence-electron chi connectivity index (χ4n) is 10.9. The smallest absolute Gasteiger partial charge is 0.311 e. The van der Waals surface area contributed by atoms with Crippen molar-refractivity contribution >= 4 is 59.4 Å². The van der Waals surface area contributed by atoms with Crippen molar-refractivity contribution in [3.63, 3.8) is 0 Å². The molecule has 5 atom stereocenters. The third-order valence-corrected chi connectivity index (χ3v) is 16.3. The molecule has 500 valence electrons. The van der Waals surface area contributed by atoms with E-state index in [4.69, 9.17) is 18.9 Å². The number of unbranched alkanes of at least 4 members (excludes halogenated alkanes) is 13. The molecule has 0 radical (unpaired) electrons. The molecule has 5 unspecified atom stereocenters. The van der Waals surface area contributed by atoms with E-state index in [0.717, 1.165) is 83.2 Å². The van der Waals surface area contributed by atoms with Gasteiger partial charge in [-0.3, -0.25) is 47.9 Å². The molecule has 5 amide bonds. The third kappa shape index (κ3) is 32.1.